The van der Waals surface area contributed by atoms with E-state index in [0.717, 1.165) is 29.8 Å². The van der Waals surface area contributed by atoms with Crippen LogP contribution in [0.2, 0.25) is 0 Å². The zero-order valence-electron chi connectivity index (χ0n) is 17.6. The van der Waals surface area contributed by atoms with Gasteiger partial charge in [-0.15, -0.1) is 0 Å². The summed E-state index contributed by atoms with van der Waals surface area (Å²) in [5.74, 6) is -1.05. The third-order valence-electron chi connectivity index (χ3n) is 6.03. The molecule has 4 rings (SSSR count). The van der Waals surface area contributed by atoms with Gasteiger partial charge in [0.2, 0.25) is 0 Å². The zero-order chi connectivity index (χ0) is 21.8. The molecular weight excluding hydrogens is 391 g/mol. The molecule has 0 aromatic heterocycles. The van der Waals surface area contributed by atoms with Gasteiger partial charge in [0.15, 0.2) is 0 Å². The van der Waals surface area contributed by atoms with Crippen LogP contribution in [0, 0.1) is 5.82 Å². The van der Waals surface area contributed by atoms with E-state index in [1.807, 2.05) is 47.4 Å². The smallest absolute Gasteiger partial charge is 0.317 e. The first-order chi connectivity index (χ1) is 15.0. The fraction of sp³-hybridized carbons (Fsp3) is 0.269. The normalized spacial score (nSPS) is 18.6. The number of carbonyl (C=O) groups is 1. The van der Waals surface area contributed by atoms with E-state index < -0.39 is 5.97 Å². The molecule has 3 aromatic carbocycles. The van der Waals surface area contributed by atoms with Crippen molar-refractivity contribution in [3.8, 4) is 11.1 Å². The number of benzene rings is 3. The molecule has 4 nitrogen and oxygen atoms in total. The molecule has 1 saturated heterocycles. The lowest BCUT2D eigenvalue weighted by Gasteiger charge is -2.43. The van der Waals surface area contributed by atoms with Gasteiger partial charge >= 0.3 is 5.97 Å². The Morgan fingerprint density at radius 1 is 1.00 bits per heavy atom. The van der Waals surface area contributed by atoms with Crippen LogP contribution >= 0.6 is 0 Å². The Hall–Kier alpha value is -3.02. The van der Waals surface area contributed by atoms with E-state index in [4.69, 9.17) is 0 Å². The molecule has 3 aromatic rings. The summed E-state index contributed by atoms with van der Waals surface area (Å²) in [6.07, 6.45) is 0. The molecule has 1 N–H and O–H groups in total. The molecule has 0 spiro atoms. The van der Waals surface area contributed by atoms with Crippen molar-refractivity contribution in [3.05, 3.63) is 95.8 Å². The predicted molar refractivity (Wildman–Crippen MR) is 120 cm³/mol. The molecule has 2 unspecified atom stereocenters. The topological polar surface area (TPSA) is 43.8 Å². The SMILES string of the molecule is CC1CN(C(c2ccc(F)cc2)c2ccccc2-c2ccccc2)CCN1CC(=O)O. The molecule has 1 aliphatic heterocycles. The quantitative estimate of drug-likeness (QED) is 0.632. The summed E-state index contributed by atoms with van der Waals surface area (Å²) >= 11 is 0. The first-order valence-corrected chi connectivity index (χ1v) is 10.6. The molecule has 1 heterocycles. The highest BCUT2D eigenvalue weighted by Gasteiger charge is 2.32. The fourth-order valence-corrected chi connectivity index (χ4v) is 4.51. The van der Waals surface area contributed by atoms with Crippen molar-refractivity contribution in [3.63, 3.8) is 0 Å². The van der Waals surface area contributed by atoms with Gasteiger partial charge in [-0.3, -0.25) is 14.6 Å². The Bertz CT molecular complexity index is 1020. The maximum Gasteiger partial charge on any atom is 0.317 e. The van der Waals surface area contributed by atoms with Gasteiger partial charge in [-0.1, -0.05) is 66.7 Å². The molecule has 1 fully saturated rings. The van der Waals surface area contributed by atoms with Crippen LogP contribution in [-0.2, 0) is 4.79 Å². The number of aliphatic carboxylic acids is 1. The largest absolute Gasteiger partial charge is 0.480 e. The van der Waals surface area contributed by atoms with Crippen molar-refractivity contribution in [1.29, 1.82) is 0 Å². The third-order valence-corrected chi connectivity index (χ3v) is 6.03. The zero-order valence-corrected chi connectivity index (χ0v) is 17.6. The minimum absolute atomic E-state index is 0.0496. The van der Waals surface area contributed by atoms with Crippen LogP contribution in [0.1, 0.15) is 24.1 Å². The molecule has 5 heteroatoms. The number of piperazine rings is 1. The number of carboxylic acids is 1. The van der Waals surface area contributed by atoms with Gasteiger partial charge in [-0.2, -0.15) is 0 Å². The second kappa shape index (κ2) is 9.41. The molecule has 0 bridgehead atoms. The maximum absolute atomic E-state index is 13.7. The first-order valence-electron chi connectivity index (χ1n) is 10.6. The van der Waals surface area contributed by atoms with Crippen LogP contribution in [0.15, 0.2) is 78.9 Å². The summed E-state index contributed by atoms with van der Waals surface area (Å²) < 4.78 is 13.7. The Morgan fingerprint density at radius 2 is 1.68 bits per heavy atom. The molecule has 0 saturated carbocycles. The van der Waals surface area contributed by atoms with Crippen molar-refractivity contribution < 1.29 is 14.3 Å². The fourth-order valence-electron chi connectivity index (χ4n) is 4.51. The van der Waals surface area contributed by atoms with Crippen LogP contribution < -0.4 is 0 Å². The van der Waals surface area contributed by atoms with Gasteiger partial charge in [0.1, 0.15) is 5.82 Å². The Balaban J connectivity index is 1.74. The maximum atomic E-state index is 13.7. The standard InChI is InChI=1S/C26H27FN2O2/c1-19-17-29(16-15-28(19)18-25(30)31)26(21-11-13-22(27)14-12-21)24-10-6-5-9-23(24)20-7-3-2-4-8-20/h2-14,19,26H,15-18H2,1H3,(H,30,31). The lowest BCUT2D eigenvalue weighted by Crippen LogP contribution is -2.54. The van der Waals surface area contributed by atoms with Crippen molar-refractivity contribution in [1.82, 2.24) is 9.80 Å². The molecule has 160 valence electrons. The highest BCUT2D eigenvalue weighted by atomic mass is 19.1. The van der Waals surface area contributed by atoms with Gasteiger partial charge in [-0.25, -0.2) is 4.39 Å². The van der Waals surface area contributed by atoms with Crippen molar-refractivity contribution in [2.75, 3.05) is 26.2 Å². The Labute approximate surface area is 182 Å². The highest BCUT2D eigenvalue weighted by molar-refractivity contribution is 5.69. The van der Waals surface area contributed by atoms with E-state index >= 15 is 0 Å². The molecule has 31 heavy (non-hydrogen) atoms. The minimum Gasteiger partial charge on any atom is -0.480 e. The minimum atomic E-state index is -0.801. The second-order valence-electron chi connectivity index (χ2n) is 8.12. The second-order valence-corrected chi connectivity index (χ2v) is 8.12. The van der Waals surface area contributed by atoms with E-state index in [-0.39, 0.29) is 24.4 Å². The van der Waals surface area contributed by atoms with Crippen LogP contribution in [0.5, 0.6) is 0 Å². The van der Waals surface area contributed by atoms with Crippen molar-refractivity contribution >= 4 is 5.97 Å². The number of halogens is 1. The van der Waals surface area contributed by atoms with E-state index in [9.17, 15) is 14.3 Å². The van der Waals surface area contributed by atoms with E-state index in [0.29, 0.717) is 6.54 Å². The Morgan fingerprint density at radius 3 is 2.35 bits per heavy atom. The van der Waals surface area contributed by atoms with Crippen LogP contribution in [0.25, 0.3) is 11.1 Å². The van der Waals surface area contributed by atoms with Gasteiger partial charge in [0.25, 0.3) is 0 Å². The number of nitrogens with zero attached hydrogens (tertiary/aromatic N) is 2. The lowest BCUT2D eigenvalue weighted by atomic mass is 9.89. The number of carboxylic acid groups (broad SMARTS) is 1. The molecule has 2 atom stereocenters. The summed E-state index contributed by atoms with van der Waals surface area (Å²) in [4.78, 5) is 15.6. The van der Waals surface area contributed by atoms with Crippen LogP contribution in [-0.4, -0.2) is 53.1 Å². The summed E-state index contributed by atoms with van der Waals surface area (Å²) in [6, 6.07) is 25.4. The molecule has 0 aliphatic carbocycles. The van der Waals surface area contributed by atoms with E-state index in [2.05, 4.69) is 36.1 Å². The summed E-state index contributed by atoms with van der Waals surface area (Å²) in [5, 5.41) is 9.21. The van der Waals surface area contributed by atoms with Crippen LogP contribution in [0.4, 0.5) is 4.39 Å². The first kappa shape index (κ1) is 21.2. The predicted octanol–water partition coefficient (Wildman–Crippen LogP) is 4.67. The van der Waals surface area contributed by atoms with E-state index in [1.54, 1.807) is 0 Å². The van der Waals surface area contributed by atoms with Crippen molar-refractivity contribution in [2.45, 2.75) is 19.0 Å². The van der Waals surface area contributed by atoms with Gasteiger partial charge < -0.3 is 5.11 Å². The van der Waals surface area contributed by atoms with Crippen LogP contribution in [0.3, 0.4) is 0 Å². The third kappa shape index (κ3) is 4.84. The average Bonchev–Trinajstić information content (AvgIpc) is 2.78. The molecular formula is C26H27FN2O2. The number of hydrogen-bond acceptors (Lipinski definition) is 3. The lowest BCUT2D eigenvalue weighted by molar-refractivity contribution is -0.139. The van der Waals surface area contributed by atoms with Crippen molar-refractivity contribution in [2.24, 2.45) is 0 Å². The van der Waals surface area contributed by atoms with Gasteiger partial charge in [0, 0.05) is 25.7 Å². The highest BCUT2D eigenvalue weighted by Crippen LogP contribution is 2.37. The van der Waals surface area contributed by atoms with Gasteiger partial charge in [-0.05, 0) is 41.3 Å². The monoisotopic (exact) mass is 418 g/mol. The Kier molecular flexibility index (Phi) is 6.44. The number of hydrogen-bond donors (Lipinski definition) is 1. The molecule has 0 amide bonds. The van der Waals surface area contributed by atoms with E-state index in [1.165, 1.54) is 17.7 Å². The molecule has 0 radical (unpaired) electrons. The summed E-state index contributed by atoms with van der Waals surface area (Å²) in [7, 11) is 0. The average molecular weight is 419 g/mol. The summed E-state index contributed by atoms with van der Waals surface area (Å²) in [5.41, 5.74) is 4.49. The summed E-state index contributed by atoms with van der Waals surface area (Å²) in [6.45, 7) is 4.27. The molecule has 1 aliphatic rings. The number of rotatable bonds is 6. The van der Waals surface area contributed by atoms with Gasteiger partial charge in [0.05, 0.1) is 12.6 Å².